The summed E-state index contributed by atoms with van der Waals surface area (Å²) < 4.78 is 16.8. The molecule has 2 amide bonds. The van der Waals surface area contributed by atoms with Gasteiger partial charge in [0.25, 0.3) is 0 Å². The van der Waals surface area contributed by atoms with Crippen LogP contribution in [0.2, 0.25) is 0 Å². The Morgan fingerprint density at radius 1 is 1.15 bits per heavy atom. The van der Waals surface area contributed by atoms with Crippen molar-refractivity contribution in [2.75, 3.05) is 33.4 Å². The van der Waals surface area contributed by atoms with E-state index >= 15 is 0 Å². The van der Waals surface area contributed by atoms with Crippen LogP contribution in [0.5, 0.6) is 0 Å². The van der Waals surface area contributed by atoms with Gasteiger partial charge >= 0.3 is 6.09 Å². The number of nitrogens with zero attached hydrogens (tertiary/aromatic N) is 2. The fourth-order valence-electron chi connectivity index (χ4n) is 6.82. The minimum absolute atomic E-state index is 0.141. The highest BCUT2D eigenvalue weighted by molar-refractivity contribution is 5.85. The second-order valence-corrected chi connectivity index (χ2v) is 12.3. The number of ether oxygens (including phenoxy) is 3. The SMILES string of the molecule is CO[C@@H]1COCC[C@@H]1C[C@@H]1CC[C@@](C(=O)N2C[C@@H]3C(O)[C@H]2CN3C(=O)OC(C)(C)C)(C(C)C)C1. The second kappa shape index (κ2) is 9.58. The van der Waals surface area contributed by atoms with Crippen LogP contribution in [-0.4, -0.2) is 90.2 Å². The van der Waals surface area contributed by atoms with Crippen molar-refractivity contribution >= 4 is 12.0 Å². The number of aliphatic hydroxyl groups excluding tert-OH is 1. The minimum atomic E-state index is -0.720. The van der Waals surface area contributed by atoms with Crippen molar-refractivity contribution in [2.24, 2.45) is 23.2 Å². The van der Waals surface area contributed by atoms with Crippen molar-refractivity contribution in [3.05, 3.63) is 0 Å². The van der Waals surface area contributed by atoms with E-state index in [1.807, 2.05) is 25.7 Å². The Labute approximate surface area is 204 Å². The van der Waals surface area contributed by atoms with Gasteiger partial charge < -0.3 is 24.2 Å². The monoisotopic (exact) mass is 480 g/mol. The van der Waals surface area contributed by atoms with Crippen LogP contribution in [0.3, 0.4) is 0 Å². The summed E-state index contributed by atoms with van der Waals surface area (Å²) in [6.07, 6.45) is 3.92. The predicted molar refractivity (Wildman–Crippen MR) is 127 cm³/mol. The zero-order valence-electron chi connectivity index (χ0n) is 21.8. The lowest BCUT2D eigenvalue weighted by molar-refractivity contribution is -0.148. The van der Waals surface area contributed by atoms with E-state index in [9.17, 15) is 14.7 Å². The Morgan fingerprint density at radius 3 is 2.41 bits per heavy atom. The number of carbonyl (C=O) groups excluding carboxylic acids is 2. The predicted octanol–water partition coefficient (Wildman–Crippen LogP) is 3.06. The summed E-state index contributed by atoms with van der Waals surface area (Å²) in [6.45, 7) is 12.0. The average molecular weight is 481 g/mol. The standard InChI is InChI=1S/C26H44N2O6/c1-16(2)26(9-7-17(12-26)11-18-8-10-33-15-21(18)32-6)23(30)27-13-20-22(29)19(27)14-28(20)24(31)34-25(3,4)5/h16-22,29H,7-15H2,1-6H3/t17-,18+,19+,20+,21+,22?,26-/m0/s1. The maximum atomic E-state index is 14.0. The third-order valence-electron chi connectivity index (χ3n) is 8.81. The van der Waals surface area contributed by atoms with Crippen LogP contribution < -0.4 is 0 Å². The average Bonchev–Trinajstić information content (AvgIpc) is 3.44. The minimum Gasteiger partial charge on any atom is -0.444 e. The molecule has 34 heavy (non-hydrogen) atoms. The molecule has 194 valence electrons. The number of amides is 2. The Hall–Kier alpha value is -1.38. The lowest BCUT2D eigenvalue weighted by atomic mass is 9.73. The number of rotatable bonds is 5. The van der Waals surface area contributed by atoms with Gasteiger partial charge in [0.05, 0.1) is 36.3 Å². The van der Waals surface area contributed by atoms with E-state index in [0.717, 1.165) is 38.7 Å². The zero-order valence-corrected chi connectivity index (χ0v) is 21.8. The van der Waals surface area contributed by atoms with Crippen molar-refractivity contribution in [3.8, 4) is 0 Å². The van der Waals surface area contributed by atoms with E-state index < -0.39 is 29.3 Å². The van der Waals surface area contributed by atoms with Gasteiger partial charge in [-0.1, -0.05) is 13.8 Å². The Balaban J connectivity index is 1.43. The zero-order chi connectivity index (χ0) is 24.8. The highest BCUT2D eigenvalue weighted by Gasteiger charge is 2.59. The summed E-state index contributed by atoms with van der Waals surface area (Å²) in [5.74, 6) is 1.36. The number of hydrogen-bond donors (Lipinski definition) is 1. The molecule has 3 aliphatic heterocycles. The smallest absolute Gasteiger partial charge is 0.410 e. The summed E-state index contributed by atoms with van der Waals surface area (Å²) in [5, 5.41) is 10.9. The quantitative estimate of drug-likeness (QED) is 0.651. The molecule has 1 aliphatic carbocycles. The van der Waals surface area contributed by atoms with E-state index in [1.165, 1.54) is 0 Å². The summed E-state index contributed by atoms with van der Waals surface area (Å²) in [5.41, 5.74) is -0.994. The maximum Gasteiger partial charge on any atom is 0.410 e. The van der Waals surface area contributed by atoms with Crippen LogP contribution in [0.15, 0.2) is 0 Å². The van der Waals surface area contributed by atoms with Gasteiger partial charge in [-0.25, -0.2) is 4.79 Å². The molecule has 7 atom stereocenters. The number of aliphatic hydroxyl groups is 1. The first-order valence-electron chi connectivity index (χ1n) is 13.1. The van der Waals surface area contributed by atoms with Gasteiger partial charge in [-0.2, -0.15) is 0 Å². The molecule has 8 heteroatoms. The number of methoxy groups -OCH3 is 1. The van der Waals surface area contributed by atoms with Crippen LogP contribution in [0.25, 0.3) is 0 Å². The molecule has 0 aromatic carbocycles. The van der Waals surface area contributed by atoms with Gasteiger partial charge in [0.2, 0.25) is 5.91 Å². The largest absolute Gasteiger partial charge is 0.444 e. The van der Waals surface area contributed by atoms with Crippen molar-refractivity contribution in [3.63, 3.8) is 0 Å². The first kappa shape index (κ1) is 25.7. The molecule has 0 aromatic heterocycles. The molecular weight excluding hydrogens is 436 g/mol. The number of piperazine rings is 1. The van der Waals surface area contributed by atoms with Crippen LogP contribution >= 0.6 is 0 Å². The van der Waals surface area contributed by atoms with Gasteiger partial charge in [0.1, 0.15) is 5.60 Å². The van der Waals surface area contributed by atoms with Gasteiger partial charge in [-0.05, 0) is 70.6 Å². The lowest BCUT2D eigenvalue weighted by Gasteiger charge is -2.41. The van der Waals surface area contributed by atoms with Gasteiger partial charge in [-0.3, -0.25) is 9.69 Å². The molecule has 3 saturated heterocycles. The van der Waals surface area contributed by atoms with E-state index in [0.29, 0.717) is 31.5 Å². The third-order valence-corrected chi connectivity index (χ3v) is 8.81. The van der Waals surface area contributed by atoms with E-state index in [2.05, 4.69) is 13.8 Å². The molecule has 1 N–H and O–H groups in total. The summed E-state index contributed by atoms with van der Waals surface area (Å²) in [6, 6.07) is -0.747. The molecular formula is C26H44N2O6. The van der Waals surface area contributed by atoms with Crippen LogP contribution in [0, 0.1) is 23.2 Å². The van der Waals surface area contributed by atoms with Crippen LogP contribution in [0.4, 0.5) is 4.79 Å². The van der Waals surface area contributed by atoms with Gasteiger partial charge in [0, 0.05) is 26.8 Å². The Kier molecular flexibility index (Phi) is 7.25. The fourth-order valence-corrected chi connectivity index (χ4v) is 6.82. The van der Waals surface area contributed by atoms with Crippen LogP contribution in [0.1, 0.15) is 66.7 Å². The molecule has 1 saturated carbocycles. The number of hydrogen-bond acceptors (Lipinski definition) is 6. The first-order chi connectivity index (χ1) is 16.0. The Morgan fingerprint density at radius 2 is 1.82 bits per heavy atom. The summed E-state index contributed by atoms with van der Waals surface area (Å²) in [4.78, 5) is 30.2. The second-order valence-electron chi connectivity index (χ2n) is 12.3. The molecule has 2 bridgehead atoms. The molecule has 4 aliphatic rings. The molecule has 4 rings (SSSR count). The molecule has 3 heterocycles. The van der Waals surface area contributed by atoms with Crippen molar-refractivity contribution < 1.29 is 28.9 Å². The third kappa shape index (κ3) is 4.70. The molecule has 0 radical (unpaired) electrons. The normalized spacial score (nSPS) is 38.1. The molecule has 0 aromatic rings. The molecule has 0 spiro atoms. The lowest BCUT2D eigenvalue weighted by Crippen LogP contribution is -2.55. The fraction of sp³-hybridized carbons (Fsp3) is 0.923. The first-order valence-corrected chi connectivity index (χ1v) is 13.1. The highest BCUT2D eigenvalue weighted by atomic mass is 16.6. The summed E-state index contributed by atoms with van der Waals surface area (Å²) in [7, 11) is 1.76. The van der Waals surface area contributed by atoms with E-state index in [4.69, 9.17) is 14.2 Å². The van der Waals surface area contributed by atoms with E-state index in [-0.39, 0.29) is 24.0 Å². The topological polar surface area (TPSA) is 88.5 Å². The molecule has 1 unspecified atom stereocenters. The van der Waals surface area contributed by atoms with E-state index in [1.54, 1.807) is 12.0 Å². The van der Waals surface area contributed by atoms with Crippen molar-refractivity contribution in [1.29, 1.82) is 0 Å². The van der Waals surface area contributed by atoms with Gasteiger partial charge in [0.15, 0.2) is 0 Å². The van der Waals surface area contributed by atoms with Crippen molar-refractivity contribution in [1.82, 2.24) is 9.80 Å². The van der Waals surface area contributed by atoms with Crippen LogP contribution in [-0.2, 0) is 19.0 Å². The number of carbonyl (C=O) groups is 2. The highest BCUT2D eigenvalue weighted by Crippen LogP contribution is 2.52. The number of fused-ring (bicyclic) bond motifs is 2. The molecule has 4 fully saturated rings. The van der Waals surface area contributed by atoms with Gasteiger partial charge in [-0.15, -0.1) is 0 Å². The number of likely N-dealkylation sites (tertiary alicyclic amines) is 2. The van der Waals surface area contributed by atoms with Crippen molar-refractivity contribution in [2.45, 2.75) is 96.6 Å². The summed E-state index contributed by atoms with van der Waals surface area (Å²) >= 11 is 0. The Bertz CT molecular complexity index is 767. The maximum absolute atomic E-state index is 14.0. The molecule has 8 nitrogen and oxygen atoms in total.